The van der Waals surface area contributed by atoms with Gasteiger partial charge in [-0.25, -0.2) is 4.79 Å². The number of nitrogens with one attached hydrogen (secondary N) is 1. The molecule has 144 valence electrons. The molecule has 0 aliphatic heterocycles. The number of carbonyl (C=O) groups excluding carboxylic acids is 2. The summed E-state index contributed by atoms with van der Waals surface area (Å²) >= 11 is 5.50. The van der Waals surface area contributed by atoms with E-state index < -0.39 is 17.5 Å². The Morgan fingerprint density at radius 2 is 1.89 bits per heavy atom. The highest BCUT2D eigenvalue weighted by atomic mass is 35.5. The Hall–Kier alpha value is -3.12. The molecule has 6 nitrogen and oxygen atoms in total. The van der Waals surface area contributed by atoms with Crippen molar-refractivity contribution < 1.29 is 18.7 Å². The van der Waals surface area contributed by atoms with Crippen LogP contribution in [-0.4, -0.2) is 17.8 Å². The minimum absolute atomic E-state index is 0.0717. The second-order valence-corrected chi connectivity index (χ2v) is 6.54. The van der Waals surface area contributed by atoms with E-state index in [1.54, 1.807) is 12.1 Å². The van der Waals surface area contributed by atoms with E-state index >= 15 is 0 Å². The van der Waals surface area contributed by atoms with Crippen molar-refractivity contribution >= 4 is 34.4 Å². The van der Waals surface area contributed by atoms with Crippen LogP contribution in [0.1, 0.15) is 35.3 Å². The molecular formula is C21H18ClNO5. The Kier molecular flexibility index (Phi) is 6.11. The SMILES string of the molecule is CC(NC(=O)c1cc2ccc(OC(=O)CCCl)cc2oc1=O)c1ccccc1. The highest BCUT2D eigenvalue weighted by Crippen LogP contribution is 2.21. The molecule has 0 spiro atoms. The van der Waals surface area contributed by atoms with Gasteiger partial charge in [0.2, 0.25) is 0 Å². The third-order valence-electron chi connectivity index (χ3n) is 4.13. The molecule has 1 aromatic heterocycles. The van der Waals surface area contributed by atoms with E-state index in [9.17, 15) is 14.4 Å². The number of hydrogen-bond donors (Lipinski definition) is 1. The number of rotatable bonds is 6. The van der Waals surface area contributed by atoms with Gasteiger partial charge in [0.1, 0.15) is 16.9 Å². The van der Waals surface area contributed by atoms with E-state index in [2.05, 4.69) is 5.32 Å². The number of benzene rings is 2. The van der Waals surface area contributed by atoms with Crippen LogP contribution in [-0.2, 0) is 4.79 Å². The summed E-state index contributed by atoms with van der Waals surface area (Å²) in [6.07, 6.45) is 0.0717. The topological polar surface area (TPSA) is 85.6 Å². The maximum absolute atomic E-state index is 12.5. The lowest BCUT2D eigenvalue weighted by molar-refractivity contribution is -0.133. The van der Waals surface area contributed by atoms with Crippen LogP contribution in [0.25, 0.3) is 11.0 Å². The standard InChI is InChI=1S/C21H18ClNO5/c1-13(14-5-3-2-4-6-14)23-20(25)17-11-15-7-8-16(27-19(24)9-10-22)12-18(15)28-21(17)26/h2-8,11-13H,9-10H2,1H3,(H,23,25). The molecule has 1 amide bonds. The second kappa shape index (κ2) is 8.71. The Morgan fingerprint density at radius 3 is 2.61 bits per heavy atom. The Morgan fingerprint density at radius 1 is 1.14 bits per heavy atom. The number of fused-ring (bicyclic) bond motifs is 1. The monoisotopic (exact) mass is 399 g/mol. The van der Waals surface area contributed by atoms with Crippen LogP contribution in [0, 0.1) is 0 Å². The summed E-state index contributed by atoms with van der Waals surface area (Å²) in [6.45, 7) is 1.83. The summed E-state index contributed by atoms with van der Waals surface area (Å²) in [6, 6.07) is 15.2. The molecule has 2 aromatic carbocycles. The first-order valence-corrected chi connectivity index (χ1v) is 9.21. The van der Waals surface area contributed by atoms with Gasteiger partial charge < -0.3 is 14.5 Å². The quantitative estimate of drug-likeness (QED) is 0.295. The van der Waals surface area contributed by atoms with E-state index in [0.29, 0.717) is 5.39 Å². The molecular weight excluding hydrogens is 382 g/mol. The molecule has 1 unspecified atom stereocenters. The van der Waals surface area contributed by atoms with Gasteiger partial charge in [0, 0.05) is 17.3 Å². The molecule has 28 heavy (non-hydrogen) atoms. The summed E-state index contributed by atoms with van der Waals surface area (Å²) in [5.41, 5.74) is 0.273. The maximum Gasteiger partial charge on any atom is 0.349 e. The third-order valence-corrected chi connectivity index (χ3v) is 4.32. The van der Waals surface area contributed by atoms with Crippen molar-refractivity contribution in [2.24, 2.45) is 0 Å². The molecule has 7 heteroatoms. The average molecular weight is 400 g/mol. The van der Waals surface area contributed by atoms with Crippen molar-refractivity contribution in [1.82, 2.24) is 5.32 Å². The molecule has 0 fully saturated rings. The predicted molar refractivity (Wildman–Crippen MR) is 106 cm³/mol. The number of esters is 1. The molecule has 0 saturated carbocycles. The van der Waals surface area contributed by atoms with Crippen LogP contribution >= 0.6 is 11.6 Å². The minimum atomic E-state index is -0.769. The van der Waals surface area contributed by atoms with Gasteiger partial charge in [-0.15, -0.1) is 11.6 Å². The highest BCUT2D eigenvalue weighted by molar-refractivity contribution is 6.18. The van der Waals surface area contributed by atoms with Crippen molar-refractivity contribution in [3.8, 4) is 5.75 Å². The van der Waals surface area contributed by atoms with Gasteiger partial charge >= 0.3 is 11.6 Å². The smallest absolute Gasteiger partial charge is 0.349 e. The van der Waals surface area contributed by atoms with Crippen molar-refractivity contribution in [2.45, 2.75) is 19.4 Å². The first-order valence-electron chi connectivity index (χ1n) is 8.68. The lowest BCUT2D eigenvalue weighted by Gasteiger charge is -2.14. The molecule has 0 bridgehead atoms. The van der Waals surface area contributed by atoms with Crippen molar-refractivity contribution in [3.63, 3.8) is 0 Å². The van der Waals surface area contributed by atoms with E-state index in [1.807, 2.05) is 37.3 Å². The van der Waals surface area contributed by atoms with E-state index in [1.165, 1.54) is 12.1 Å². The zero-order valence-electron chi connectivity index (χ0n) is 15.1. The number of ether oxygens (including phenoxy) is 1. The zero-order valence-corrected chi connectivity index (χ0v) is 15.9. The molecule has 0 radical (unpaired) electrons. The van der Waals surface area contributed by atoms with Gasteiger partial charge in [-0.2, -0.15) is 0 Å². The molecule has 0 aliphatic rings. The number of alkyl halides is 1. The van der Waals surface area contributed by atoms with Crippen LogP contribution in [0.3, 0.4) is 0 Å². The molecule has 1 N–H and O–H groups in total. The highest BCUT2D eigenvalue weighted by Gasteiger charge is 2.17. The zero-order chi connectivity index (χ0) is 20.1. The first-order chi connectivity index (χ1) is 13.5. The van der Waals surface area contributed by atoms with Gasteiger partial charge in [-0.1, -0.05) is 30.3 Å². The summed E-state index contributed by atoms with van der Waals surface area (Å²) in [7, 11) is 0. The number of hydrogen-bond acceptors (Lipinski definition) is 5. The van der Waals surface area contributed by atoms with Gasteiger partial charge in [-0.3, -0.25) is 9.59 Å². The lowest BCUT2D eigenvalue weighted by atomic mass is 10.1. The largest absolute Gasteiger partial charge is 0.426 e. The molecule has 1 heterocycles. The fourth-order valence-electron chi connectivity index (χ4n) is 2.67. The predicted octanol–water partition coefficient (Wildman–Crippen LogP) is 3.82. The van der Waals surface area contributed by atoms with Crippen molar-refractivity contribution in [3.05, 3.63) is 76.1 Å². The number of halogens is 1. The minimum Gasteiger partial charge on any atom is -0.426 e. The van der Waals surface area contributed by atoms with E-state index in [4.69, 9.17) is 20.8 Å². The van der Waals surface area contributed by atoms with Crippen molar-refractivity contribution in [1.29, 1.82) is 0 Å². The average Bonchev–Trinajstić information content (AvgIpc) is 2.68. The number of carbonyl (C=O) groups is 2. The molecule has 3 aromatic rings. The molecule has 1 atom stereocenters. The van der Waals surface area contributed by atoms with Gasteiger partial charge in [0.25, 0.3) is 5.91 Å². The Bertz CT molecular complexity index is 1060. The summed E-state index contributed by atoms with van der Waals surface area (Å²) in [5.74, 6) is -0.616. The van der Waals surface area contributed by atoms with Gasteiger partial charge in [0.05, 0.1) is 12.5 Å². The fourth-order valence-corrected chi connectivity index (χ4v) is 2.83. The molecule has 0 saturated heterocycles. The maximum atomic E-state index is 12.5. The van der Waals surface area contributed by atoms with Gasteiger partial charge in [0.15, 0.2) is 0 Å². The molecule has 0 aliphatic carbocycles. The summed E-state index contributed by atoms with van der Waals surface area (Å²) in [4.78, 5) is 36.3. The van der Waals surface area contributed by atoms with Crippen LogP contribution in [0.2, 0.25) is 0 Å². The van der Waals surface area contributed by atoms with E-state index in [0.717, 1.165) is 5.56 Å². The summed E-state index contributed by atoms with van der Waals surface area (Å²) in [5, 5.41) is 3.33. The van der Waals surface area contributed by atoms with E-state index in [-0.39, 0.29) is 35.2 Å². The Labute approximate surface area is 166 Å². The van der Waals surface area contributed by atoms with Crippen LogP contribution < -0.4 is 15.7 Å². The number of amides is 1. The van der Waals surface area contributed by atoms with Crippen molar-refractivity contribution in [2.75, 3.05) is 5.88 Å². The molecule has 3 rings (SSSR count). The lowest BCUT2D eigenvalue weighted by Crippen LogP contribution is -2.30. The fraction of sp³-hybridized carbons (Fsp3) is 0.190. The van der Waals surface area contributed by atoms with Crippen LogP contribution in [0.15, 0.2) is 63.8 Å². The van der Waals surface area contributed by atoms with Crippen LogP contribution in [0.5, 0.6) is 5.75 Å². The summed E-state index contributed by atoms with van der Waals surface area (Å²) < 4.78 is 10.4. The first kappa shape index (κ1) is 19.6. The Balaban J connectivity index is 1.82. The van der Waals surface area contributed by atoms with Gasteiger partial charge in [-0.05, 0) is 30.7 Å². The normalized spacial score (nSPS) is 11.8. The third kappa shape index (κ3) is 4.58. The second-order valence-electron chi connectivity index (χ2n) is 6.17. The van der Waals surface area contributed by atoms with Crippen LogP contribution in [0.4, 0.5) is 0 Å².